The molecule has 0 unspecified atom stereocenters. The molecular weight excluding hydrogens is 304 g/mol. The van der Waals surface area contributed by atoms with Crippen LogP contribution in [0.3, 0.4) is 0 Å². The SMILES string of the molecule is Cc1csc(C2(NC(=O)c3csc(CN)n3)CCCC2)n1. The maximum Gasteiger partial charge on any atom is 0.271 e. The van der Waals surface area contributed by atoms with Crippen molar-refractivity contribution in [3.63, 3.8) is 0 Å². The van der Waals surface area contributed by atoms with Crippen LogP contribution in [0.5, 0.6) is 0 Å². The van der Waals surface area contributed by atoms with E-state index in [1.54, 1.807) is 16.7 Å². The van der Waals surface area contributed by atoms with E-state index in [2.05, 4.69) is 15.3 Å². The molecule has 0 aliphatic heterocycles. The fourth-order valence-corrected chi connectivity index (χ4v) is 4.40. The molecule has 3 rings (SSSR count). The predicted octanol–water partition coefficient (Wildman–Crippen LogP) is 2.57. The highest BCUT2D eigenvalue weighted by Gasteiger charge is 2.40. The van der Waals surface area contributed by atoms with E-state index in [1.807, 2.05) is 12.3 Å². The van der Waals surface area contributed by atoms with E-state index in [9.17, 15) is 4.79 Å². The van der Waals surface area contributed by atoms with Crippen LogP contribution in [0.2, 0.25) is 0 Å². The van der Waals surface area contributed by atoms with E-state index in [0.717, 1.165) is 41.4 Å². The first-order valence-electron chi connectivity index (χ1n) is 7.02. The van der Waals surface area contributed by atoms with E-state index >= 15 is 0 Å². The minimum atomic E-state index is -0.317. The molecule has 7 heteroatoms. The third-order valence-electron chi connectivity index (χ3n) is 3.80. The maximum atomic E-state index is 12.5. The summed E-state index contributed by atoms with van der Waals surface area (Å²) in [5.74, 6) is -0.124. The molecule has 1 aliphatic rings. The van der Waals surface area contributed by atoms with Gasteiger partial charge >= 0.3 is 0 Å². The lowest BCUT2D eigenvalue weighted by Gasteiger charge is -2.27. The lowest BCUT2D eigenvalue weighted by molar-refractivity contribution is 0.0893. The Morgan fingerprint density at radius 3 is 2.67 bits per heavy atom. The molecule has 5 nitrogen and oxygen atoms in total. The number of nitrogens with zero attached hydrogens (tertiary/aromatic N) is 2. The van der Waals surface area contributed by atoms with E-state index in [1.165, 1.54) is 11.3 Å². The minimum Gasteiger partial charge on any atom is -0.339 e. The first-order chi connectivity index (χ1) is 10.1. The van der Waals surface area contributed by atoms with Gasteiger partial charge in [-0.25, -0.2) is 9.97 Å². The Morgan fingerprint density at radius 1 is 1.33 bits per heavy atom. The number of rotatable bonds is 4. The summed E-state index contributed by atoms with van der Waals surface area (Å²) in [5.41, 5.74) is 6.70. The molecule has 3 N–H and O–H groups in total. The summed E-state index contributed by atoms with van der Waals surface area (Å²) in [4.78, 5) is 21.3. The van der Waals surface area contributed by atoms with Gasteiger partial charge in [0.2, 0.25) is 0 Å². The van der Waals surface area contributed by atoms with Crippen molar-refractivity contribution in [3.8, 4) is 0 Å². The quantitative estimate of drug-likeness (QED) is 0.906. The summed E-state index contributed by atoms with van der Waals surface area (Å²) in [6.07, 6.45) is 4.12. The molecule has 1 amide bonds. The number of carbonyl (C=O) groups excluding carboxylic acids is 1. The predicted molar refractivity (Wildman–Crippen MR) is 84.5 cm³/mol. The average molecular weight is 322 g/mol. The van der Waals surface area contributed by atoms with Crippen LogP contribution in [0.25, 0.3) is 0 Å². The van der Waals surface area contributed by atoms with E-state index in [-0.39, 0.29) is 11.4 Å². The Kier molecular flexibility index (Phi) is 4.05. The van der Waals surface area contributed by atoms with Gasteiger partial charge in [-0.05, 0) is 19.8 Å². The highest BCUT2D eigenvalue weighted by molar-refractivity contribution is 7.10. The van der Waals surface area contributed by atoms with Gasteiger partial charge < -0.3 is 11.1 Å². The molecule has 0 radical (unpaired) electrons. The van der Waals surface area contributed by atoms with E-state index in [0.29, 0.717) is 12.2 Å². The standard InChI is InChI=1S/C14H18N4OS2/c1-9-7-21-13(16-9)14(4-2-3-5-14)18-12(19)10-8-20-11(6-15)17-10/h7-8H,2-6,15H2,1H3,(H,18,19). The first-order valence-corrected chi connectivity index (χ1v) is 8.78. The van der Waals surface area contributed by atoms with Crippen molar-refractivity contribution in [2.75, 3.05) is 0 Å². The molecule has 0 saturated heterocycles. The summed E-state index contributed by atoms with van der Waals surface area (Å²) in [7, 11) is 0. The van der Waals surface area contributed by atoms with Crippen LogP contribution in [-0.2, 0) is 12.1 Å². The van der Waals surface area contributed by atoms with Crippen molar-refractivity contribution >= 4 is 28.6 Å². The molecular formula is C14H18N4OS2. The minimum absolute atomic E-state index is 0.124. The lowest BCUT2D eigenvalue weighted by Crippen LogP contribution is -2.44. The largest absolute Gasteiger partial charge is 0.339 e. The molecule has 0 atom stereocenters. The van der Waals surface area contributed by atoms with Gasteiger partial charge in [0, 0.05) is 23.0 Å². The maximum absolute atomic E-state index is 12.5. The topological polar surface area (TPSA) is 80.9 Å². The van der Waals surface area contributed by atoms with E-state index in [4.69, 9.17) is 5.73 Å². The van der Waals surface area contributed by atoms with Crippen LogP contribution in [0.15, 0.2) is 10.8 Å². The summed E-state index contributed by atoms with van der Waals surface area (Å²) in [5, 5.41) is 8.79. The Bertz CT molecular complexity index is 643. The van der Waals surface area contributed by atoms with Crippen LogP contribution in [0, 0.1) is 6.92 Å². The Hall–Kier alpha value is -1.31. The third kappa shape index (κ3) is 2.86. The second-order valence-electron chi connectivity index (χ2n) is 5.37. The third-order valence-corrected chi connectivity index (χ3v) is 5.83. The van der Waals surface area contributed by atoms with Crippen molar-refractivity contribution < 1.29 is 4.79 Å². The highest BCUT2D eigenvalue weighted by Crippen LogP contribution is 2.40. The number of amides is 1. The summed E-state index contributed by atoms with van der Waals surface area (Å²) >= 11 is 3.05. The van der Waals surface area contributed by atoms with Gasteiger partial charge in [0.25, 0.3) is 5.91 Å². The average Bonchev–Trinajstić information content (AvgIpc) is 3.18. The molecule has 0 aromatic carbocycles. The fraction of sp³-hybridized carbons (Fsp3) is 0.500. The molecule has 2 aromatic rings. The molecule has 1 saturated carbocycles. The number of aromatic nitrogens is 2. The van der Waals surface area contributed by atoms with Crippen LogP contribution in [0.1, 0.15) is 51.9 Å². The number of hydrogen-bond acceptors (Lipinski definition) is 6. The van der Waals surface area contributed by atoms with Crippen LogP contribution >= 0.6 is 22.7 Å². The smallest absolute Gasteiger partial charge is 0.271 e. The zero-order valence-corrected chi connectivity index (χ0v) is 13.5. The first kappa shape index (κ1) is 14.6. The van der Waals surface area contributed by atoms with Crippen LogP contribution < -0.4 is 11.1 Å². The molecule has 112 valence electrons. The molecule has 2 aromatic heterocycles. The zero-order valence-electron chi connectivity index (χ0n) is 11.9. The van der Waals surface area contributed by atoms with E-state index < -0.39 is 0 Å². The normalized spacial score (nSPS) is 17.0. The number of nitrogens with two attached hydrogens (primary N) is 1. The Morgan fingerprint density at radius 2 is 2.10 bits per heavy atom. The lowest BCUT2D eigenvalue weighted by atomic mass is 9.98. The van der Waals surface area contributed by atoms with Crippen molar-refractivity contribution in [2.24, 2.45) is 5.73 Å². The molecule has 1 fully saturated rings. The monoisotopic (exact) mass is 322 g/mol. The number of thiazole rings is 2. The van der Waals surface area contributed by atoms with Gasteiger partial charge in [-0.15, -0.1) is 22.7 Å². The fourth-order valence-electron chi connectivity index (χ4n) is 2.73. The number of aryl methyl sites for hydroxylation is 1. The van der Waals surface area contributed by atoms with Crippen molar-refractivity contribution in [3.05, 3.63) is 32.2 Å². The van der Waals surface area contributed by atoms with Crippen molar-refractivity contribution in [1.29, 1.82) is 0 Å². The van der Waals surface area contributed by atoms with Gasteiger partial charge in [-0.1, -0.05) is 12.8 Å². The van der Waals surface area contributed by atoms with Gasteiger partial charge in [-0.2, -0.15) is 0 Å². The summed E-state index contributed by atoms with van der Waals surface area (Å²) in [6, 6.07) is 0. The highest BCUT2D eigenvalue weighted by atomic mass is 32.1. The van der Waals surface area contributed by atoms with Gasteiger partial charge in [0.1, 0.15) is 15.7 Å². The number of hydrogen-bond donors (Lipinski definition) is 2. The molecule has 2 heterocycles. The second kappa shape index (κ2) is 5.82. The molecule has 0 spiro atoms. The molecule has 21 heavy (non-hydrogen) atoms. The Balaban J connectivity index is 1.84. The van der Waals surface area contributed by atoms with Gasteiger partial charge in [-0.3, -0.25) is 4.79 Å². The van der Waals surface area contributed by atoms with Crippen LogP contribution in [0.4, 0.5) is 0 Å². The van der Waals surface area contributed by atoms with Gasteiger partial charge in [0.05, 0.1) is 5.54 Å². The summed E-state index contributed by atoms with van der Waals surface area (Å²) in [6.45, 7) is 2.35. The molecule has 1 aliphatic carbocycles. The number of carbonyl (C=O) groups is 1. The zero-order chi connectivity index (χ0) is 14.9. The molecule has 0 bridgehead atoms. The Labute approximate surface area is 131 Å². The van der Waals surface area contributed by atoms with Crippen molar-refractivity contribution in [1.82, 2.24) is 15.3 Å². The van der Waals surface area contributed by atoms with Gasteiger partial charge in [0.15, 0.2) is 0 Å². The second-order valence-corrected chi connectivity index (χ2v) is 7.17. The van der Waals surface area contributed by atoms with Crippen LogP contribution in [-0.4, -0.2) is 15.9 Å². The van der Waals surface area contributed by atoms with Crippen molar-refractivity contribution in [2.45, 2.75) is 44.7 Å². The number of nitrogens with one attached hydrogen (secondary N) is 1. The summed E-state index contributed by atoms with van der Waals surface area (Å²) < 4.78 is 0.